The summed E-state index contributed by atoms with van der Waals surface area (Å²) in [5, 5.41) is 0. The van der Waals surface area contributed by atoms with Gasteiger partial charge in [-0.2, -0.15) is 0 Å². The molecule has 0 saturated carbocycles. The van der Waals surface area contributed by atoms with Gasteiger partial charge >= 0.3 is 0 Å². The lowest BCUT2D eigenvalue weighted by Gasteiger charge is -2.07. The molecule has 0 fully saturated rings. The van der Waals surface area contributed by atoms with E-state index < -0.39 is 0 Å². The average molecular weight is 282 g/mol. The van der Waals surface area contributed by atoms with Gasteiger partial charge in [0.15, 0.2) is 11.5 Å². The SMILES string of the molecule is NCCn1c(-c2cccnc2)nc2cc3c(cc21)OCO3. The van der Waals surface area contributed by atoms with Crippen LogP contribution in [-0.2, 0) is 6.54 Å². The van der Waals surface area contributed by atoms with E-state index in [1.165, 1.54) is 0 Å². The summed E-state index contributed by atoms with van der Waals surface area (Å²) in [6.07, 6.45) is 3.55. The largest absolute Gasteiger partial charge is 0.454 e. The van der Waals surface area contributed by atoms with Crippen molar-refractivity contribution in [1.82, 2.24) is 14.5 Å². The first-order valence-corrected chi connectivity index (χ1v) is 6.77. The van der Waals surface area contributed by atoms with Gasteiger partial charge in [0.25, 0.3) is 0 Å². The topological polar surface area (TPSA) is 75.2 Å². The zero-order valence-electron chi connectivity index (χ0n) is 11.3. The maximum absolute atomic E-state index is 5.75. The molecule has 21 heavy (non-hydrogen) atoms. The first-order chi connectivity index (χ1) is 10.4. The molecule has 0 amide bonds. The lowest BCUT2D eigenvalue weighted by atomic mass is 10.2. The minimum absolute atomic E-state index is 0.258. The maximum atomic E-state index is 5.75. The molecule has 3 aromatic rings. The van der Waals surface area contributed by atoms with Crippen molar-refractivity contribution in [3.05, 3.63) is 36.7 Å². The van der Waals surface area contributed by atoms with E-state index in [-0.39, 0.29) is 6.79 Å². The van der Waals surface area contributed by atoms with Crippen LogP contribution in [0.15, 0.2) is 36.7 Å². The lowest BCUT2D eigenvalue weighted by molar-refractivity contribution is 0.174. The summed E-state index contributed by atoms with van der Waals surface area (Å²) < 4.78 is 13.0. The minimum atomic E-state index is 0.258. The van der Waals surface area contributed by atoms with E-state index in [0.717, 1.165) is 33.9 Å². The Bertz CT molecular complexity index is 798. The molecule has 0 saturated heterocycles. The maximum Gasteiger partial charge on any atom is 0.231 e. The second kappa shape index (κ2) is 4.75. The Kier molecular flexibility index (Phi) is 2.75. The number of aromatic nitrogens is 3. The van der Waals surface area contributed by atoms with Crippen LogP contribution in [0.2, 0.25) is 0 Å². The van der Waals surface area contributed by atoms with Gasteiger partial charge in [0.2, 0.25) is 6.79 Å². The van der Waals surface area contributed by atoms with Crippen LogP contribution in [0.1, 0.15) is 0 Å². The number of hydrogen-bond donors (Lipinski definition) is 1. The predicted octanol–water partition coefficient (Wildman–Crippen LogP) is 1.79. The van der Waals surface area contributed by atoms with Crippen LogP contribution in [0.5, 0.6) is 11.5 Å². The number of benzene rings is 1. The number of fused-ring (bicyclic) bond motifs is 2. The third-order valence-corrected chi connectivity index (χ3v) is 3.52. The standard InChI is InChI=1S/C15H14N4O2/c16-3-5-19-12-7-14-13(20-9-21-14)6-11(12)18-15(19)10-2-1-4-17-8-10/h1-2,4,6-8H,3,5,9,16H2. The van der Waals surface area contributed by atoms with E-state index in [9.17, 15) is 0 Å². The van der Waals surface area contributed by atoms with Crippen molar-refractivity contribution in [1.29, 1.82) is 0 Å². The molecule has 0 atom stereocenters. The Balaban J connectivity index is 1.96. The van der Waals surface area contributed by atoms with Gasteiger partial charge in [0.05, 0.1) is 11.0 Å². The van der Waals surface area contributed by atoms with Crippen LogP contribution in [-0.4, -0.2) is 27.9 Å². The summed E-state index contributed by atoms with van der Waals surface area (Å²) in [6.45, 7) is 1.47. The molecule has 2 aromatic heterocycles. The third-order valence-electron chi connectivity index (χ3n) is 3.52. The number of nitrogens with zero attached hydrogens (tertiary/aromatic N) is 3. The molecule has 6 heteroatoms. The van der Waals surface area contributed by atoms with E-state index in [1.54, 1.807) is 12.4 Å². The molecule has 6 nitrogen and oxygen atoms in total. The molecule has 0 spiro atoms. The van der Waals surface area contributed by atoms with Gasteiger partial charge in [0.1, 0.15) is 5.82 Å². The highest BCUT2D eigenvalue weighted by Gasteiger charge is 2.19. The quantitative estimate of drug-likeness (QED) is 0.792. The van der Waals surface area contributed by atoms with Gasteiger partial charge in [0, 0.05) is 43.2 Å². The van der Waals surface area contributed by atoms with Crippen LogP contribution in [0, 0.1) is 0 Å². The van der Waals surface area contributed by atoms with Crippen LogP contribution >= 0.6 is 0 Å². The fourth-order valence-electron chi connectivity index (χ4n) is 2.59. The molecular weight excluding hydrogens is 268 g/mol. The first kappa shape index (κ1) is 12.2. The Morgan fingerprint density at radius 1 is 1.24 bits per heavy atom. The van der Waals surface area contributed by atoms with Crippen molar-refractivity contribution in [2.45, 2.75) is 6.54 Å². The fourth-order valence-corrected chi connectivity index (χ4v) is 2.59. The highest BCUT2D eigenvalue weighted by atomic mass is 16.7. The molecule has 2 N–H and O–H groups in total. The zero-order valence-corrected chi connectivity index (χ0v) is 11.3. The van der Waals surface area contributed by atoms with Crippen LogP contribution in [0.25, 0.3) is 22.4 Å². The smallest absolute Gasteiger partial charge is 0.231 e. The molecule has 1 aliphatic heterocycles. The summed E-state index contributed by atoms with van der Waals surface area (Å²) in [5.74, 6) is 2.34. The summed E-state index contributed by atoms with van der Waals surface area (Å²) in [4.78, 5) is 8.87. The normalized spacial score (nSPS) is 13.0. The lowest BCUT2D eigenvalue weighted by Crippen LogP contribution is -2.11. The molecule has 4 rings (SSSR count). The number of imidazole rings is 1. The van der Waals surface area contributed by atoms with E-state index in [1.807, 2.05) is 24.3 Å². The van der Waals surface area contributed by atoms with Crippen molar-refractivity contribution in [3.63, 3.8) is 0 Å². The summed E-state index contributed by atoms with van der Waals surface area (Å²) in [7, 11) is 0. The zero-order chi connectivity index (χ0) is 14.2. The van der Waals surface area contributed by atoms with Crippen molar-refractivity contribution >= 4 is 11.0 Å². The Morgan fingerprint density at radius 2 is 2.10 bits per heavy atom. The third kappa shape index (κ3) is 1.92. The monoisotopic (exact) mass is 282 g/mol. The number of nitrogens with two attached hydrogens (primary N) is 1. The molecule has 0 aliphatic carbocycles. The van der Waals surface area contributed by atoms with E-state index in [2.05, 4.69) is 9.55 Å². The van der Waals surface area contributed by atoms with Gasteiger partial charge in [-0.15, -0.1) is 0 Å². The van der Waals surface area contributed by atoms with Crippen molar-refractivity contribution in [2.24, 2.45) is 5.73 Å². The van der Waals surface area contributed by atoms with Gasteiger partial charge in [-0.05, 0) is 12.1 Å². The Morgan fingerprint density at radius 3 is 2.86 bits per heavy atom. The number of rotatable bonds is 3. The van der Waals surface area contributed by atoms with Gasteiger partial charge in [-0.1, -0.05) is 0 Å². The summed E-state index contributed by atoms with van der Waals surface area (Å²) in [6, 6.07) is 7.75. The van der Waals surface area contributed by atoms with Crippen LogP contribution < -0.4 is 15.2 Å². The van der Waals surface area contributed by atoms with E-state index >= 15 is 0 Å². The van der Waals surface area contributed by atoms with E-state index in [4.69, 9.17) is 20.2 Å². The molecule has 1 aliphatic rings. The molecule has 1 aromatic carbocycles. The molecule has 0 bridgehead atoms. The van der Waals surface area contributed by atoms with Gasteiger partial charge in [-0.3, -0.25) is 4.98 Å². The summed E-state index contributed by atoms with van der Waals surface area (Å²) in [5.41, 5.74) is 8.57. The Hall–Kier alpha value is -2.60. The predicted molar refractivity (Wildman–Crippen MR) is 78.1 cm³/mol. The van der Waals surface area contributed by atoms with Crippen LogP contribution in [0.3, 0.4) is 0 Å². The molecular formula is C15H14N4O2. The minimum Gasteiger partial charge on any atom is -0.454 e. The highest BCUT2D eigenvalue weighted by molar-refractivity contribution is 5.84. The van der Waals surface area contributed by atoms with Crippen molar-refractivity contribution in [3.8, 4) is 22.9 Å². The molecule has 106 valence electrons. The number of ether oxygens (including phenoxy) is 2. The molecule has 3 heterocycles. The second-order valence-electron chi connectivity index (χ2n) is 4.81. The number of hydrogen-bond acceptors (Lipinski definition) is 5. The summed E-state index contributed by atoms with van der Waals surface area (Å²) >= 11 is 0. The molecule has 0 radical (unpaired) electrons. The van der Waals surface area contributed by atoms with Crippen LogP contribution in [0.4, 0.5) is 0 Å². The fraction of sp³-hybridized carbons (Fsp3) is 0.200. The highest BCUT2D eigenvalue weighted by Crippen LogP contribution is 2.37. The second-order valence-corrected chi connectivity index (χ2v) is 4.81. The number of pyridine rings is 1. The van der Waals surface area contributed by atoms with Gasteiger partial charge < -0.3 is 19.8 Å². The average Bonchev–Trinajstić information content (AvgIpc) is 3.11. The molecule has 0 unspecified atom stereocenters. The Labute approximate surface area is 121 Å². The van der Waals surface area contributed by atoms with Crippen molar-refractivity contribution in [2.75, 3.05) is 13.3 Å². The van der Waals surface area contributed by atoms with Gasteiger partial charge in [-0.25, -0.2) is 4.98 Å². The van der Waals surface area contributed by atoms with Crippen molar-refractivity contribution < 1.29 is 9.47 Å². The van der Waals surface area contributed by atoms with E-state index in [0.29, 0.717) is 13.1 Å². The first-order valence-electron chi connectivity index (χ1n) is 6.77.